The molecule has 0 spiro atoms. The second-order valence-corrected chi connectivity index (χ2v) is 5.81. The molecule has 0 aliphatic carbocycles. The van der Waals surface area contributed by atoms with Crippen LogP contribution in [0.25, 0.3) is 0 Å². The lowest BCUT2D eigenvalue weighted by Crippen LogP contribution is -2.20. The number of aryl methyl sites for hydroxylation is 3. The zero-order valence-electron chi connectivity index (χ0n) is 13.0. The number of hydrogen-bond donors (Lipinski definition) is 1. The molecule has 2 rings (SSSR count). The molecule has 0 amide bonds. The van der Waals surface area contributed by atoms with Crippen LogP contribution < -0.4 is 5.32 Å². The van der Waals surface area contributed by atoms with E-state index < -0.39 is 0 Å². The Morgan fingerprint density at radius 3 is 2.25 bits per heavy atom. The fraction of sp³-hybridized carbons (Fsp3) is 0.368. The molecule has 0 radical (unpaired) electrons. The Kier molecular flexibility index (Phi) is 4.97. The minimum Gasteiger partial charge on any atom is -0.312 e. The van der Waals surface area contributed by atoms with Gasteiger partial charge in [0.25, 0.3) is 0 Å². The lowest BCUT2D eigenvalue weighted by atomic mass is 9.99. The van der Waals surface area contributed by atoms with E-state index in [4.69, 9.17) is 0 Å². The van der Waals surface area contributed by atoms with Crippen LogP contribution in [0.2, 0.25) is 0 Å². The highest BCUT2D eigenvalue weighted by Crippen LogP contribution is 2.16. The summed E-state index contributed by atoms with van der Waals surface area (Å²) in [5.41, 5.74) is 6.95. The van der Waals surface area contributed by atoms with Gasteiger partial charge in [-0.1, -0.05) is 49.4 Å². The molecule has 0 saturated heterocycles. The maximum Gasteiger partial charge on any atom is 0.0208 e. The van der Waals surface area contributed by atoms with Crippen LogP contribution in [0.1, 0.15) is 40.7 Å². The summed E-state index contributed by atoms with van der Waals surface area (Å²) in [6.45, 7) is 10.8. The molecule has 2 aromatic rings. The van der Waals surface area contributed by atoms with Crippen molar-refractivity contribution in [3.63, 3.8) is 0 Å². The highest BCUT2D eigenvalue weighted by atomic mass is 14.9. The predicted octanol–water partition coefficient (Wildman–Crippen LogP) is 4.51. The fourth-order valence-electron chi connectivity index (χ4n) is 2.53. The molecule has 0 aromatic heterocycles. The predicted molar refractivity (Wildman–Crippen MR) is 87.2 cm³/mol. The number of rotatable bonds is 5. The van der Waals surface area contributed by atoms with Gasteiger partial charge in [-0.2, -0.15) is 0 Å². The Labute approximate surface area is 123 Å². The molecule has 0 fully saturated rings. The number of hydrogen-bond acceptors (Lipinski definition) is 1. The summed E-state index contributed by atoms with van der Waals surface area (Å²) in [4.78, 5) is 0. The zero-order chi connectivity index (χ0) is 14.5. The topological polar surface area (TPSA) is 12.0 Å². The molecule has 106 valence electrons. The van der Waals surface area contributed by atoms with E-state index in [1.54, 1.807) is 0 Å². The van der Waals surface area contributed by atoms with Crippen LogP contribution >= 0.6 is 0 Å². The van der Waals surface area contributed by atoms with Gasteiger partial charge in [-0.05, 0) is 54.5 Å². The molecule has 2 aromatic carbocycles. The first kappa shape index (κ1) is 14.8. The Hall–Kier alpha value is -1.60. The van der Waals surface area contributed by atoms with Crippen molar-refractivity contribution in [1.29, 1.82) is 0 Å². The van der Waals surface area contributed by atoms with E-state index in [0.717, 1.165) is 13.1 Å². The van der Waals surface area contributed by atoms with E-state index in [2.05, 4.69) is 75.5 Å². The first-order chi connectivity index (χ1) is 9.58. The molecule has 1 heteroatoms. The number of benzene rings is 2. The SMILES string of the molecule is Cc1cc(C)c(CNCC(C)c2ccccc2)cc1C. The van der Waals surface area contributed by atoms with Crippen molar-refractivity contribution in [2.45, 2.75) is 40.2 Å². The molecule has 0 heterocycles. The maximum absolute atomic E-state index is 3.59. The average Bonchev–Trinajstić information content (AvgIpc) is 2.45. The third-order valence-corrected chi connectivity index (χ3v) is 4.09. The third-order valence-electron chi connectivity index (χ3n) is 4.09. The van der Waals surface area contributed by atoms with Gasteiger partial charge in [-0.3, -0.25) is 0 Å². The van der Waals surface area contributed by atoms with Gasteiger partial charge in [0.05, 0.1) is 0 Å². The van der Waals surface area contributed by atoms with Gasteiger partial charge in [-0.25, -0.2) is 0 Å². The van der Waals surface area contributed by atoms with Crippen molar-refractivity contribution >= 4 is 0 Å². The first-order valence-electron chi connectivity index (χ1n) is 7.40. The van der Waals surface area contributed by atoms with Crippen molar-refractivity contribution in [3.8, 4) is 0 Å². The van der Waals surface area contributed by atoms with Gasteiger partial charge in [-0.15, -0.1) is 0 Å². The second-order valence-electron chi connectivity index (χ2n) is 5.81. The lowest BCUT2D eigenvalue weighted by Gasteiger charge is -2.15. The van der Waals surface area contributed by atoms with Crippen molar-refractivity contribution in [3.05, 3.63) is 70.3 Å². The van der Waals surface area contributed by atoms with Crippen LogP contribution in [0.3, 0.4) is 0 Å². The summed E-state index contributed by atoms with van der Waals surface area (Å²) in [6, 6.07) is 15.3. The summed E-state index contributed by atoms with van der Waals surface area (Å²) < 4.78 is 0. The van der Waals surface area contributed by atoms with E-state index in [1.165, 1.54) is 27.8 Å². The van der Waals surface area contributed by atoms with Crippen molar-refractivity contribution in [2.24, 2.45) is 0 Å². The van der Waals surface area contributed by atoms with Gasteiger partial charge in [0, 0.05) is 13.1 Å². The largest absolute Gasteiger partial charge is 0.312 e. The van der Waals surface area contributed by atoms with Crippen LogP contribution in [0.4, 0.5) is 0 Å². The van der Waals surface area contributed by atoms with Gasteiger partial charge < -0.3 is 5.32 Å². The zero-order valence-corrected chi connectivity index (χ0v) is 13.0. The fourth-order valence-corrected chi connectivity index (χ4v) is 2.53. The third kappa shape index (κ3) is 3.71. The van der Waals surface area contributed by atoms with E-state index >= 15 is 0 Å². The Morgan fingerprint density at radius 2 is 1.55 bits per heavy atom. The Morgan fingerprint density at radius 1 is 0.900 bits per heavy atom. The summed E-state index contributed by atoms with van der Waals surface area (Å²) in [5, 5.41) is 3.59. The average molecular weight is 267 g/mol. The minimum atomic E-state index is 0.544. The van der Waals surface area contributed by atoms with Crippen molar-refractivity contribution in [2.75, 3.05) is 6.54 Å². The van der Waals surface area contributed by atoms with Crippen LogP contribution in [0.15, 0.2) is 42.5 Å². The van der Waals surface area contributed by atoms with Crippen LogP contribution in [0.5, 0.6) is 0 Å². The first-order valence-corrected chi connectivity index (χ1v) is 7.40. The smallest absolute Gasteiger partial charge is 0.0208 e. The molecular weight excluding hydrogens is 242 g/mol. The maximum atomic E-state index is 3.59. The van der Waals surface area contributed by atoms with Crippen molar-refractivity contribution in [1.82, 2.24) is 5.32 Å². The molecular formula is C19H25N. The number of nitrogens with one attached hydrogen (secondary N) is 1. The van der Waals surface area contributed by atoms with Crippen LogP contribution in [-0.4, -0.2) is 6.54 Å². The van der Waals surface area contributed by atoms with E-state index in [-0.39, 0.29) is 0 Å². The normalized spacial score (nSPS) is 12.4. The molecule has 0 bridgehead atoms. The quantitative estimate of drug-likeness (QED) is 0.840. The summed E-state index contributed by atoms with van der Waals surface area (Å²) in [5.74, 6) is 0.544. The molecule has 20 heavy (non-hydrogen) atoms. The van der Waals surface area contributed by atoms with E-state index in [9.17, 15) is 0 Å². The molecule has 1 nitrogen and oxygen atoms in total. The standard InChI is InChI=1S/C19H25N/c1-14-10-16(3)19(11-15(14)2)13-20-12-17(4)18-8-6-5-7-9-18/h5-11,17,20H,12-13H2,1-4H3. The highest BCUT2D eigenvalue weighted by molar-refractivity contribution is 5.36. The van der Waals surface area contributed by atoms with Gasteiger partial charge in [0.1, 0.15) is 0 Å². The van der Waals surface area contributed by atoms with E-state index in [0.29, 0.717) is 5.92 Å². The van der Waals surface area contributed by atoms with Crippen LogP contribution in [0, 0.1) is 20.8 Å². The van der Waals surface area contributed by atoms with Crippen LogP contribution in [-0.2, 0) is 6.54 Å². The Bertz CT molecular complexity index is 557. The highest BCUT2D eigenvalue weighted by Gasteiger charge is 2.06. The molecule has 1 unspecified atom stereocenters. The molecule has 0 aliphatic heterocycles. The van der Waals surface area contributed by atoms with Gasteiger partial charge in [0.15, 0.2) is 0 Å². The molecule has 0 aliphatic rings. The molecule has 1 atom stereocenters. The lowest BCUT2D eigenvalue weighted by molar-refractivity contribution is 0.613. The molecule has 0 saturated carbocycles. The van der Waals surface area contributed by atoms with Crippen molar-refractivity contribution < 1.29 is 0 Å². The minimum absolute atomic E-state index is 0.544. The summed E-state index contributed by atoms with van der Waals surface area (Å²) >= 11 is 0. The van der Waals surface area contributed by atoms with Gasteiger partial charge >= 0.3 is 0 Å². The van der Waals surface area contributed by atoms with Gasteiger partial charge in [0.2, 0.25) is 0 Å². The Balaban J connectivity index is 1.92. The monoisotopic (exact) mass is 267 g/mol. The van der Waals surface area contributed by atoms with E-state index in [1.807, 2.05) is 0 Å². The second kappa shape index (κ2) is 6.71. The summed E-state index contributed by atoms with van der Waals surface area (Å²) in [7, 11) is 0. The summed E-state index contributed by atoms with van der Waals surface area (Å²) in [6.07, 6.45) is 0. The molecule has 1 N–H and O–H groups in total.